The third-order valence-corrected chi connectivity index (χ3v) is 5.60. The first-order chi connectivity index (χ1) is 14.7. The van der Waals surface area contributed by atoms with Crippen LogP contribution in [-0.2, 0) is 11.3 Å². The Morgan fingerprint density at radius 1 is 1.23 bits per heavy atom. The van der Waals surface area contributed by atoms with Crippen LogP contribution in [0, 0.1) is 18.6 Å². The summed E-state index contributed by atoms with van der Waals surface area (Å²) in [4.78, 5) is 51.3. The summed E-state index contributed by atoms with van der Waals surface area (Å²) in [6, 6.07) is 1.70. The number of carbonyl (C=O) groups excluding carboxylic acids is 3. The number of hydrogen-bond donors (Lipinski definition) is 2. The number of nitrogens with zero attached hydrogens (tertiary/aromatic N) is 2. The summed E-state index contributed by atoms with van der Waals surface area (Å²) < 4.78 is 29.3. The summed E-state index contributed by atoms with van der Waals surface area (Å²) in [5.74, 6) is -4.23. The Morgan fingerprint density at radius 2 is 1.90 bits per heavy atom. The van der Waals surface area contributed by atoms with Crippen molar-refractivity contribution in [3.8, 4) is 5.75 Å². The van der Waals surface area contributed by atoms with Crippen LogP contribution in [0.2, 0.25) is 0 Å². The van der Waals surface area contributed by atoms with E-state index in [1.807, 2.05) is 0 Å². The highest BCUT2D eigenvalue weighted by Gasteiger charge is 2.38. The molecule has 1 fully saturated rings. The lowest BCUT2D eigenvalue weighted by molar-refractivity contribution is -0.119. The molecule has 1 unspecified atom stereocenters. The maximum absolute atomic E-state index is 14.0. The molecule has 0 aliphatic carbocycles. The van der Waals surface area contributed by atoms with E-state index in [0.717, 1.165) is 18.3 Å². The van der Waals surface area contributed by atoms with Gasteiger partial charge >= 0.3 is 0 Å². The van der Waals surface area contributed by atoms with Crippen molar-refractivity contribution in [3.05, 3.63) is 62.6 Å². The fourth-order valence-corrected chi connectivity index (χ4v) is 4.00. The summed E-state index contributed by atoms with van der Waals surface area (Å²) in [6.45, 7) is 1.40. The largest absolute Gasteiger partial charge is 0.503 e. The second-order valence-electron chi connectivity index (χ2n) is 7.76. The number of nitrogens with one attached hydrogen (secondary N) is 1. The van der Waals surface area contributed by atoms with Gasteiger partial charge in [0.05, 0.1) is 6.04 Å². The molecule has 0 radical (unpaired) electrons. The normalized spacial score (nSPS) is 17.9. The number of fused-ring (bicyclic) bond motifs is 4. The number of aromatic nitrogens is 1. The number of ketones is 1. The number of Topliss-reactive ketones (excluding diaryl/α,β-unsaturated/α-hetero) is 1. The van der Waals surface area contributed by atoms with Gasteiger partial charge in [-0.25, -0.2) is 8.78 Å². The number of aromatic hydroxyl groups is 1. The van der Waals surface area contributed by atoms with Crippen LogP contribution in [-0.4, -0.2) is 45.3 Å². The molecule has 3 heterocycles. The van der Waals surface area contributed by atoms with Crippen molar-refractivity contribution in [2.45, 2.75) is 32.4 Å². The molecule has 10 heteroatoms. The quantitative estimate of drug-likeness (QED) is 0.764. The molecule has 2 aromatic rings. The van der Waals surface area contributed by atoms with Crippen LogP contribution in [0.1, 0.15) is 50.9 Å². The fraction of sp³-hybridized carbons (Fsp3) is 0.333. The lowest BCUT2D eigenvalue weighted by Crippen LogP contribution is -2.44. The first kappa shape index (κ1) is 20.7. The number of amides is 2. The van der Waals surface area contributed by atoms with E-state index in [4.69, 9.17) is 0 Å². The van der Waals surface area contributed by atoms with Crippen molar-refractivity contribution in [1.29, 1.82) is 0 Å². The molecule has 2 aliphatic rings. The topological polar surface area (TPSA) is 109 Å². The second-order valence-corrected chi connectivity index (χ2v) is 7.76. The van der Waals surface area contributed by atoms with Crippen LogP contribution in [0.5, 0.6) is 5.75 Å². The highest BCUT2D eigenvalue weighted by molar-refractivity contribution is 5.99. The van der Waals surface area contributed by atoms with Crippen molar-refractivity contribution in [2.24, 2.45) is 0 Å². The van der Waals surface area contributed by atoms with Gasteiger partial charge in [0.25, 0.3) is 11.8 Å². The highest BCUT2D eigenvalue weighted by Crippen LogP contribution is 2.30. The molecule has 0 saturated carbocycles. The van der Waals surface area contributed by atoms with E-state index in [1.54, 1.807) is 0 Å². The molecule has 1 aromatic carbocycles. The summed E-state index contributed by atoms with van der Waals surface area (Å²) in [5.41, 5.74) is -1.84. The number of hydrogen-bond acceptors (Lipinski definition) is 5. The van der Waals surface area contributed by atoms with Gasteiger partial charge in [-0.3, -0.25) is 19.2 Å². The van der Waals surface area contributed by atoms with E-state index in [0.29, 0.717) is 5.56 Å². The number of benzene rings is 1. The number of rotatable bonds is 3. The molecule has 1 aromatic heterocycles. The van der Waals surface area contributed by atoms with E-state index in [-0.39, 0.29) is 43.0 Å². The summed E-state index contributed by atoms with van der Waals surface area (Å²) >= 11 is 0. The third kappa shape index (κ3) is 3.58. The van der Waals surface area contributed by atoms with Gasteiger partial charge in [-0.05, 0) is 24.6 Å². The SMILES string of the molecule is Cc1cc(F)c(CNC(=O)c2cn3c(c(O)c2=O)C(=O)N2CCC(=O)CC3C2)c(F)c1. The van der Waals surface area contributed by atoms with Gasteiger partial charge in [0, 0.05) is 44.2 Å². The Labute approximate surface area is 175 Å². The summed E-state index contributed by atoms with van der Waals surface area (Å²) in [6.07, 6.45) is 1.37. The van der Waals surface area contributed by atoms with Gasteiger partial charge in [0.1, 0.15) is 23.0 Å². The maximum atomic E-state index is 14.0. The van der Waals surface area contributed by atoms with Gasteiger partial charge in [0.2, 0.25) is 5.43 Å². The van der Waals surface area contributed by atoms with Crippen molar-refractivity contribution < 1.29 is 28.3 Å². The molecule has 2 bridgehead atoms. The smallest absolute Gasteiger partial charge is 0.274 e. The third-order valence-electron chi connectivity index (χ3n) is 5.60. The molecule has 2 N–H and O–H groups in total. The number of carbonyl (C=O) groups is 3. The lowest BCUT2D eigenvalue weighted by Gasteiger charge is -2.34. The first-order valence-corrected chi connectivity index (χ1v) is 9.69. The van der Waals surface area contributed by atoms with Gasteiger partial charge in [-0.15, -0.1) is 0 Å². The predicted octanol–water partition coefficient (Wildman–Crippen LogP) is 1.43. The molecule has 4 rings (SSSR count). The molecule has 1 saturated heterocycles. The average molecular weight is 431 g/mol. The monoisotopic (exact) mass is 431 g/mol. The molecule has 1 atom stereocenters. The zero-order valence-electron chi connectivity index (χ0n) is 16.6. The average Bonchev–Trinajstić information content (AvgIpc) is 2.87. The Kier molecular flexibility index (Phi) is 5.08. The molecular formula is C21H19F2N3O5. The highest BCUT2D eigenvalue weighted by atomic mass is 19.1. The lowest BCUT2D eigenvalue weighted by atomic mass is 10.0. The molecule has 2 aliphatic heterocycles. The van der Waals surface area contributed by atoms with E-state index in [1.165, 1.54) is 16.4 Å². The van der Waals surface area contributed by atoms with Gasteiger partial charge in [-0.2, -0.15) is 0 Å². The zero-order valence-corrected chi connectivity index (χ0v) is 16.6. The Morgan fingerprint density at radius 3 is 2.58 bits per heavy atom. The second kappa shape index (κ2) is 7.60. The number of halogens is 2. The van der Waals surface area contributed by atoms with Gasteiger partial charge < -0.3 is 19.9 Å². The van der Waals surface area contributed by atoms with Crippen molar-refractivity contribution in [1.82, 2.24) is 14.8 Å². The number of aryl methyl sites for hydroxylation is 1. The van der Waals surface area contributed by atoms with Crippen LogP contribution in [0.15, 0.2) is 23.1 Å². The first-order valence-electron chi connectivity index (χ1n) is 9.69. The van der Waals surface area contributed by atoms with Crippen LogP contribution in [0.3, 0.4) is 0 Å². The van der Waals surface area contributed by atoms with E-state index >= 15 is 0 Å². The predicted molar refractivity (Wildman–Crippen MR) is 104 cm³/mol. The zero-order chi connectivity index (χ0) is 22.4. The summed E-state index contributed by atoms with van der Waals surface area (Å²) in [7, 11) is 0. The van der Waals surface area contributed by atoms with Crippen LogP contribution in [0.4, 0.5) is 8.78 Å². The molecule has 162 valence electrons. The van der Waals surface area contributed by atoms with Crippen molar-refractivity contribution in [2.75, 3.05) is 13.1 Å². The molecule has 31 heavy (non-hydrogen) atoms. The Bertz CT molecular complexity index is 1170. The van der Waals surface area contributed by atoms with Crippen molar-refractivity contribution in [3.63, 3.8) is 0 Å². The van der Waals surface area contributed by atoms with Crippen molar-refractivity contribution >= 4 is 17.6 Å². The van der Waals surface area contributed by atoms with Crippen LogP contribution >= 0.6 is 0 Å². The molecular weight excluding hydrogens is 412 g/mol. The van der Waals surface area contributed by atoms with E-state index < -0.39 is 52.8 Å². The van der Waals surface area contributed by atoms with E-state index in [2.05, 4.69) is 5.32 Å². The Hall–Kier alpha value is -3.56. The minimum Gasteiger partial charge on any atom is -0.503 e. The summed E-state index contributed by atoms with van der Waals surface area (Å²) in [5, 5.41) is 12.7. The fourth-order valence-electron chi connectivity index (χ4n) is 4.00. The standard InChI is InChI=1S/C21H19F2N3O5/c1-10-4-15(22)13(16(23)5-10)7-24-20(30)14-9-26-11-6-12(27)2-3-25(8-11)21(31)17(26)19(29)18(14)28/h4-5,9,11,29H,2-3,6-8H2,1H3,(H,24,30). The maximum Gasteiger partial charge on any atom is 0.274 e. The van der Waals surface area contributed by atoms with Gasteiger partial charge in [-0.1, -0.05) is 0 Å². The molecule has 8 nitrogen and oxygen atoms in total. The number of pyridine rings is 1. The molecule has 2 amide bonds. The molecule has 0 spiro atoms. The van der Waals surface area contributed by atoms with Crippen LogP contribution < -0.4 is 10.7 Å². The van der Waals surface area contributed by atoms with Crippen LogP contribution in [0.25, 0.3) is 0 Å². The minimum absolute atomic E-state index is 0.0809. The van der Waals surface area contributed by atoms with E-state index in [9.17, 15) is 33.1 Å². The minimum atomic E-state index is -1.08. The van der Waals surface area contributed by atoms with Gasteiger partial charge in [0.15, 0.2) is 11.4 Å². The Balaban J connectivity index is 1.68.